The van der Waals surface area contributed by atoms with Gasteiger partial charge in [-0.25, -0.2) is 0 Å². The zero-order chi connectivity index (χ0) is 18.8. The third kappa shape index (κ3) is 15.4. The SMILES string of the molecule is CCCCCCCCCCCCOC(=O)C(C)NCCN(CC)CC. The Kier molecular flexibility index (Phi) is 17.7. The molecule has 0 amide bonds. The molecule has 0 heterocycles. The zero-order valence-electron chi connectivity index (χ0n) is 17.4. The van der Waals surface area contributed by atoms with Gasteiger partial charge >= 0.3 is 5.97 Å². The van der Waals surface area contributed by atoms with Crippen LogP contribution in [-0.4, -0.2) is 49.7 Å². The van der Waals surface area contributed by atoms with Crippen molar-refractivity contribution in [3.05, 3.63) is 0 Å². The first-order valence-corrected chi connectivity index (χ1v) is 10.8. The molecule has 0 fully saturated rings. The lowest BCUT2D eigenvalue weighted by Gasteiger charge is -2.19. The topological polar surface area (TPSA) is 41.6 Å². The summed E-state index contributed by atoms with van der Waals surface area (Å²) in [6.45, 7) is 12.9. The van der Waals surface area contributed by atoms with Crippen LogP contribution >= 0.6 is 0 Å². The Morgan fingerprint density at radius 1 is 0.880 bits per heavy atom. The number of carbonyl (C=O) groups is 1. The molecule has 0 saturated heterocycles. The normalized spacial score (nSPS) is 12.5. The van der Waals surface area contributed by atoms with Crippen molar-refractivity contribution in [3.8, 4) is 0 Å². The summed E-state index contributed by atoms with van der Waals surface area (Å²) in [5.41, 5.74) is 0. The molecule has 0 bridgehead atoms. The van der Waals surface area contributed by atoms with Gasteiger partial charge in [0.2, 0.25) is 0 Å². The van der Waals surface area contributed by atoms with Crippen LogP contribution in [0, 0.1) is 0 Å². The molecule has 0 aromatic rings. The predicted molar refractivity (Wildman–Crippen MR) is 108 cm³/mol. The highest BCUT2D eigenvalue weighted by molar-refractivity contribution is 5.75. The second kappa shape index (κ2) is 18.2. The minimum absolute atomic E-state index is 0.115. The van der Waals surface area contributed by atoms with Crippen LogP contribution in [0.5, 0.6) is 0 Å². The molecule has 0 rings (SSSR count). The number of nitrogens with zero attached hydrogens (tertiary/aromatic N) is 1. The lowest BCUT2D eigenvalue weighted by atomic mass is 10.1. The van der Waals surface area contributed by atoms with Gasteiger partial charge in [0, 0.05) is 13.1 Å². The number of unbranched alkanes of at least 4 members (excludes halogenated alkanes) is 9. The molecule has 4 heteroatoms. The first-order valence-electron chi connectivity index (χ1n) is 10.8. The van der Waals surface area contributed by atoms with E-state index < -0.39 is 0 Å². The van der Waals surface area contributed by atoms with E-state index in [4.69, 9.17) is 4.74 Å². The van der Waals surface area contributed by atoms with Gasteiger partial charge in [0.05, 0.1) is 6.61 Å². The molecule has 25 heavy (non-hydrogen) atoms. The van der Waals surface area contributed by atoms with Gasteiger partial charge in [-0.15, -0.1) is 0 Å². The Bertz CT molecular complexity index is 294. The van der Waals surface area contributed by atoms with E-state index in [1.807, 2.05) is 6.92 Å². The van der Waals surface area contributed by atoms with Gasteiger partial charge in [-0.05, 0) is 26.4 Å². The maximum atomic E-state index is 11.9. The summed E-state index contributed by atoms with van der Waals surface area (Å²) < 4.78 is 5.37. The second-order valence-corrected chi connectivity index (χ2v) is 7.05. The van der Waals surface area contributed by atoms with Crippen molar-refractivity contribution in [1.82, 2.24) is 10.2 Å². The quantitative estimate of drug-likeness (QED) is 0.284. The molecule has 1 N–H and O–H groups in total. The largest absolute Gasteiger partial charge is 0.465 e. The number of nitrogens with one attached hydrogen (secondary N) is 1. The molecule has 0 aromatic heterocycles. The summed E-state index contributed by atoms with van der Waals surface area (Å²) in [4.78, 5) is 14.3. The van der Waals surface area contributed by atoms with Crippen molar-refractivity contribution in [2.75, 3.05) is 32.8 Å². The highest BCUT2D eigenvalue weighted by Crippen LogP contribution is 2.10. The molecule has 0 aliphatic carbocycles. The Morgan fingerprint density at radius 2 is 1.40 bits per heavy atom. The van der Waals surface area contributed by atoms with E-state index in [-0.39, 0.29) is 12.0 Å². The van der Waals surface area contributed by atoms with Gasteiger partial charge in [0.1, 0.15) is 6.04 Å². The maximum absolute atomic E-state index is 11.9. The smallest absolute Gasteiger partial charge is 0.322 e. The highest BCUT2D eigenvalue weighted by Gasteiger charge is 2.13. The minimum Gasteiger partial charge on any atom is -0.465 e. The van der Waals surface area contributed by atoms with E-state index in [2.05, 4.69) is 31.0 Å². The molecule has 0 aliphatic rings. The Hall–Kier alpha value is -0.610. The molecular formula is C21H44N2O2. The van der Waals surface area contributed by atoms with Crippen LogP contribution < -0.4 is 5.32 Å². The lowest BCUT2D eigenvalue weighted by Crippen LogP contribution is -2.40. The van der Waals surface area contributed by atoms with Crippen LogP contribution in [0.25, 0.3) is 0 Å². The monoisotopic (exact) mass is 356 g/mol. The van der Waals surface area contributed by atoms with Crippen molar-refractivity contribution >= 4 is 5.97 Å². The Labute approximate surface area is 157 Å². The van der Waals surface area contributed by atoms with Gasteiger partial charge in [0.15, 0.2) is 0 Å². The van der Waals surface area contributed by atoms with Crippen molar-refractivity contribution in [2.45, 2.75) is 97.9 Å². The molecule has 0 saturated carbocycles. The van der Waals surface area contributed by atoms with Crippen LogP contribution in [-0.2, 0) is 9.53 Å². The summed E-state index contributed by atoms with van der Waals surface area (Å²) in [6, 6.07) is -0.210. The minimum atomic E-state index is -0.210. The molecule has 1 unspecified atom stereocenters. The van der Waals surface area contributed by atoms with Crippen molar-refractivity contribution in [2.24, 2.45) is 0 Å². The Balaban J connectivity index is 3.42. The number of rotatable bonds is 18. The first kappa shape index (κ1) is 24.4. The fourth-order valence-corrected chi connectivity index (χ4v) is 2.95. The van der Waals surface area contributed by atoms with Crippen LogP contribution in [0.3, 0.4) is 0 Å². The Morgan fingerprint density at radius 3 is 1.92 bits per heavy atom. The predicted octanol–water partition coefficient (Wildman–Crippen LogP) is 4.77. The van der Waals surface area contributed by atoms with E-state index in [1.54, 1.807) is 0 Å². The molecule has 0 radical (unpaired) electrons. The van der Waals surface area contributed by atoms with Gasteiger partial charge < -0.3 is 15.0 Å². The number of hydrogen-bond donors (Lipinski definition) is 1. The van der Waals surface area contributed by atoms with Crippen LogP contribution in [0.2, 0.25) is 0 Å². The molecule has 1 atom stereocenters. The van der Waals surface area contributed by atoms with Crippen molar-refractivity contribution in [3.63, 3.8) is 0 Å². The second-order valence-electron chi connectivity index (χ2n) is 7.05. The van der Waals surface area contributed by atoms with E-state index in [9.17, 15) is 4.79 Å². The van der Waals surface area contributed by atoms with Crippen LogP contribution in [0.1, 0.15) is 91.9 Å². The number of esters is 1. The van der Waals surface area contributed by atoms with Gasteiger partial charge in [0.25, 0.3) is 0 Å². The fraction of sp³-hybridized carbons (Fsp3) is 0.952. The summed E-state index contributed by atoms with van der Waals surface area (Å²) >= 11 is 0. The van der Waals surface area contributed by atoms with Crippen molar-refractivity contribution < 1.29 is 9.53 Å². The van der Waals surface area contributed by atoms with Gasteiger partial charge in [-0.2, -0.15) is 0 Å². The van der Waals surface area contributed by atoms with Gasteiger partial charge in [-0.1, -0.05) is 78.6 Å². The van der Waals surface area contributed by atoms with E-state index in [1.165, 1.54) is 57.8 Å². The number of ether oxygens (including phenoxy) is 1. The third-order valence-corrected chi connectivity index (χ3v) is 4.87. The van der Waals surface area contributed by atoms with E-state index >= 15 is 0 Å². The summed E-state index contributed by atoms with van der Waals surface area (Å²) in [7, 11) is 0. The molecule has 0 spiro atoms. The van der Waals surface area contributed by atoms with Crippen molar-refractivity contribution in [1.29, 1.82) is 0 Å². The van der Waals surface area contributed by atoms with E-state index in [0.717, 1.165) is 32.6 Å². The first-order chi connectivity index (χ1) is 12.2. The molecule has 4 nitrogen and oxygen atoms in total. The molecule has 150 valence electrons. The zero-order valence-corrected chi connectivity index (χ0v) is 17.4. The van der Waals surface area contributed by atoms with Crippen LogP contribution in [0.15, 0.2) is 0 Å². The fourth-order valence-electron chi connectivity index (χ4n) is 2.95. The van der Waals surface area contributed by atoms with E-state index in [0.29, 0.717) is 6.61 Å². The average molecular weight is 357 g/mol. The standard InChI is InChI=1S/C21H44N2O2/c1-5-8-9-10-11-12-13-14-15-16-19-25-21(24)20(4)22-17-18-23(6-2)7-3/h20,22H,5-19H2,1-4H3. The van der Waals surface area contributed by atoms with Gasteiger partial charge in [-0.3, -0.25) is 4.79 Å². The molecular weight excluding hydrogens is 312 g/mol. The molecule has 0 aromatic carbocycles. The number of hydrogen-bond acceptors (Lipinski definition) is 4. The third-order valence-electron chi connectivity index (χ3n) is 4.87. The summed E-state index contributed by atoms with van der Waals surface area (Å²) in [6.07, 6.45) is 13.0. The molecule has 0 aliphatic heterocycles. The summed E-state index contributed by atoms with van der Waals surface area (Å²) in [5, 5.41) is 3.25. The number of carbonyl (C=O) groups excluding carboxylic acids is 1. The van der Waals surface area contributed by atoms with Crippen LogP contribution in [0.4, 0.5) is 0 Å². The maximum Gasteiger partial charge on any atom is 0.322 e. The highest BCUT2D eigenvalue weighted by atomic mass is 16.5. The summed E-state index contributed by atoms with van der Waals surface area (Å²) in [5.74, 6) is -0.115. The number of likely N-dealkylation sites (N-methyl/N-ethyl adjacent to an activating group) is 1. The lowest BCUT2D eigenvalue weighted by molar-refractivity contribution is -0.145. The average Bonchev–Trinajstić information content (AvgIpc) is 2.62.